The van der Waals surface area contributed by atoms with Gasteiger partial charge in [-0.1, -0.05) is 54.5 Å². The maximum absolute atomic E-state index is 11.2. The largest absolute Gasteiger partial charge is 0.490 e. The van der Waals surface area contributed by atoms with E-state index < -0.39 is 11.4 Å². The summed E-state index contributed by atoms with van der Waals surface area (Å²) in [5.74, 6) is 2.96. The van der Waals surface area contributed by atoms with Crippen molar-refractivity contribution in [1.82, 2.24) is 0 Å². The minimum absolute atomic E-state index is 0.0513. The van der Waals surface area contributed by atoms with E-state index in [1.165, 1.54) is 0 Å². The van der Waals surface area contributed by atoms with E-state index in [1.807, 2.05) is 54.6 Å². The van der Waals surface area contributed by atoms with Gasteiger partial charge in [-0.3, -0.25) is 8.37 Å². The summed E-state index contributed by atoms with van der Waals surface area (Å²) in [6.45, 7) is 0.347. The van der Waals surface area contributed by atoms with E-state index in [4.69, 9.17) is 19.5 Å². The molecule has 0 aliphatic heterocycles. The summed E-state index contributed by atoms with van der Waals surface area (Å²) in [4.78, 5) is 0. The summed E-state index contributed by atoms with van der Waals surface area (Å²) in [6.07, 6.45) is 4.99. The maximum Gasteiger partial charge on any atom is 0.305 e. The first-order chi connectivity index (χ1) is 10.8. The smallest absolute Gasteiger partial charge is 0.305 e. The molecule has 0 heterocycles. The molecule has 1 atom stereocenters. The second-order valence-electron chi connectivity index (χ2n) is 4.20. The van der Waals surface area contributed by atoms with Crippen LogP contribution in [0, 0.1) is 12.3 Å². The lowest BCUT2D eigenvalue weighted by Gasteiger charge is -2.11. The Morgan fingerprint density at radius 1 is 0.955 bits per heavy atom. The molecular formula is C17H16O4S. The van der Waals surface area contributed by atoms with Crippen molar-refractivity contribution in [3.05, 3.63) is 54.6 Å². The molecule has 0 radical (unpaired) electrons. The third-order valence-corrected chi connectivity index (χ3v) is 3.40. The van der Waals surface area contributed by atoms with Crippen LogP contribution in [-0.4, -0.2) is 24.0 Å². The van der Waals surface area contributed by atoms with Gasteiger partial charge < -0.3 is 4.74 Å². The molecule has 0 bridgehead atoms. The van der Waals surface area contributed by atoms with E-state index in [1.54, 1.807) is 0 Å². The van der Waals surface area contributed by atoms with E-state index in [9.17, 15) is 4.21 Å². The molecule has 22 heavy (non-hydrogen) atoms. The minimum Gasteiger partial charge on any atom is -0.490 e. The van der Waals surface area contributed by atoms with Crippen LogP contribution in [0.25, 0.3) is 11.1 Å². The highest BCUT2D eigenvalue weighted by molar-refractivity contribution is 7.75. The summed E-state index contributed by atoms with van der Waals surface area (Å²) in [5, 5.41) is 0. The van der Waals surface area contributed by atoms with Crippen molar-refractivity contribution in [3.63, 3.8) is 0 Å². The van der Waals surface area contributed by atoms with Crippen LogP contribution in [0.5, 0.6) is 5.75 Å². The quantitative estimate of drug-likeness (QED) is 0.555. The molecule has 0 amide bonds. The summed E-state index contributed by atoms with van der Waals surface area (Å²) >= 11 is -1.84. The van der Waals surface area contributed by atoms with Crippen LogP contribution >= 0.6 is 0 Å². The normalized spacial score (nSPS) is 11.6. The van der Waals surface area contributed by atoms with Crippen LogP contribution in [0.4, 0.5) is 0 Å². The molecule has 2 aromatic rings. The molecule has 0 spiro atoms. The van der Waals surface area contributed by atoms with E-state index in [0.29, 0.717) is 0 Å². The molecule has 2 aromatic carbocycles. The van der Waals surface area contributed by atoms with Gasteiger partial charge in [0, 0.05) is 5.56 Å². The molecule has 114 valence electrons. The molecule has 0 aromatic heterocycles. The Morgan fingerprint density at radius 2 is 1.68 bits per heavy atom. The average Bonchev–Trinajstić information content (AvgIpc) is 2.58. The van der Waals surface area contributed by atoms with Crippen molar-refractivity contribution in [1.29, 1.82) is 0 Å². The van der Waals surface area contributed by atoms with Crippen LogP contribution in [-0.2, 0) is 19.7 Å². The highest BCUT2D eigenvalue weighted by Crippen LogP contribution is 2.29. The highest BCUT2D eigenvalue weighted by Gasteiger charge is 2.06. The summed E-state index contributed by atoms with van der Waals surface area (Å²) in [6, 6.07) is 17.7. The third-order valence-electron chi connectivity index (χ3n) is 2.73. The van der Waals surface area contributed by atoms with Crippen molar-refractivity contribution in [2.45, 2.75) is 0 Å². The standard InChI is InChI=1S/C17H16O4S/c1-2-12-20-22(18)21-14-13-19-17-11-7-6-10-16(17)15-8-4-3-5-9-15/h1,3-11H,12-14H2. The van der Waals surface area contributed by atoms with Gasteiger partial charge >= 0.3 is 11.4 Å². The molecular weight excluding hydrogens is 300 g/mol. The topological polar surface area (TPSA) is 44.8 Å². The first kappa shape index (κ1) is 16.2. The Morgan fingerprint density at radius 3 is 2.45 bits per heavy atom. The first-order valence-electron chi connectivity index (χ1n) is 6.70. The fraction of sp³-hybridized carbons (Fsp3) is 0.176. The Kier molecular flexibility index (Phi) is 6.65. The summed E-state index contributed by atoms with van der Waals surface area (Å²) in [5.41, 5.74) is 2.06. The number of para-hydroxylation sites is 1. The number of hydrogen-bond donors (Lipinski definition) is 0. The molecule has 0 fully saturated rings. The van der Waals surface area contributed by atoms with Crippen LogP contribution in [0.15, 0.2) is 54.6 Å². The molecule has 0 saturated carbocycles. The lowest BCUT2D eigenvalue weighted by atomic mass is 10.1. The van der Waals surface area contributed by atoms with Crippen molar-refractivity contribution in [3.8, 4) is 29.2 Å². The van der Waals surface area contributed by atoms with E-state index in [-0.39, 0.29) is 19.8 Å². The zero-order valence-electron chi connectivity index (χ0n) is 11.9. The van der Waals surface area contributed by atoms with E-state index in [0.717, 1.165) is 16.9 Å². The van der Waals surface area contributed by atoms with Gasteiger partial charge in [-0.25, -0.2) is 0 Å². The van der Waals surface area contributed by atoms with Gasteiger partial charge in [0.25, 0.3) is 0 Å². The fourth-order valence-electron chi connectivity index (χ4n) is 1.82. The molecule has 0 aliphatic carbocycles. The van der Waals surface area contributed by atoms with Crippen LogP contribution in [0.1, 0.15) is 0 Å². The number of ether oxygens (including phenoxy) is 1. The number of terminal acetylenes is 1. The van der Waals surface area contributed by atoms with E-state index in [2.05, 4.69) is 5.92 Å². The fourth-order valence-corrected chi connectivity index (χ4v) is 2.25. The molecule has 5 heteroatoms. The van der Waals surface area contributed by atoms with Crippen molar-refractivity contribution >= 4 is 11.4 Å². The first-order valence-corrected chi connectivity index (χ1v) is 7.70. The molecule has 2 rings (SSSR count). The summed E-state index contributed by atoms with van der Waals surface area (Å²) < 4.78 is 26.5. The van der Waals surface area contributed by atoms with Crippen LogP contribution < -0.4 is 4.74 Å². The lowest BCUT2D eigenvalue weighted by molar-refractivity contribution is 0.206. The average molecular weight is 316 g/mol. The molecule has 0 aliphatic rings. The Balaban J connectivity index is 1.89. The second-order valence-corrected chi connectivity index (χ2v) is 5.08. The van der Waals surface area contributed by atoms with Gasteiger partial charge in [-0.05, 0) is 11.6 Å². The number of hydrogen-bond acceptors (Lipinski definition) is 4. The lowest BCUT2D eigenvalue weighted by Crippen LogP contribution is -2.10. The Hall–Kier alpha value is -2.13. The van der Waals surface area contributed by atoms with Gasteiger partial charge in [0.1, 0.15) is 25.6 Å². The maximum atomic E-state index is 11.2. The number of benzene rings is 2. The second kappa shape index (κ2) is 9.00. The molecule has 0 N–H and O–H groups in total. The molecule has 1 unspecified atom stereocenters. The highest BCUT2D eigenvalue weighted by atomic mass is 32.2. The zero-order valence-corrected chi connectivity index (χ0v) is 12.8. The van der Waals surface area contributed by atoms with Crippen LogP contribution in [0.2, 0.25) is 0 Å². The zero-order chi connectivity index (χ0) is 15.6. The predicted octanol–water partition coefficient (Wildman–Crippen LogP) is 2.98. The Bertz CT molecular complexity index is 649. The van der Waals surface area contributed by atoms with Gasteiger partial charge in [0.15, 0.2) is 0 Å². The van der Waals surface area contributed by atoms with Crippen molar-refractivity contribution in [2.24, 2.45) is 0 Å². The van der Waals surface area contributed by atoms with Crippen molar-refractivity contribution in [2.75, 3.05) is 19.8 Å². The monoisotopic (exact) mass is 316 g/mol. The SMILES string of the molecule is C#CCOS(=O)OCCOc1ccccc1-c1ccccc1. The molecule has 0 saturated heterocycles. The molecule has 4 nitrogen and oxygen atoms in total. The third kappa shape index (κ3) is 5.01. The van der Waals surface area contributed by atoms with Gasteiger partial charge in [-0.15, -0.1) is 6.42 Å². The van der Waals surface area contributed by atoms with Gasteiger partial charge in [0.05, 0.1) is 0 Å². The minimum atomic E-state index is -1.84. The van der Waals surface area contributed by atoms with Crippen LogP contribution in [0.3, 0.4) is 0 Å². The Labute approximate surface area is 132 Å². The number of rotatable bonds is 8. The van der Waals surface area contributed by atoms with Gasteiger partial charge in [0.2, 0.25) is 0 Å². The summed E-state index contributed by atoms with van der Waals surface area (Å²) in [7, 11) is 0. The van der Waals surface area contributed by atoms with E-state index >= 15 is 0 Å². The predicted molar refractivity (Wildman–Crippen MR) is 86.3 cm³/mol. The van der Waals surface area contributed by atoms with Gasteiger partial charge in [-0.2, -0.15) is 4.21 Å². The van der Waals surface area contributed by atoms with Crippen molar-refractivity contribution < 1.29 is 17.3 Å².